The third-order valence-electron chi connectivity index (χ3n) is 4.68. The number of aromatic amines is 1. The highest BCUT2D eigenvalue weighted by Crippen LogP contribution is 2.06. The molecule has 1 aliphatic rings. The molecule has 10 heteroatoms. The molecule has 0 aliphatic carbocycles. The molecule has 1 saturated heterocycles. The first-order valence-corrected chi connectivity index (χ1v) is 9.02. The maximum atomic E-state index is 12.7. The molecular weight excluding hydrogens is 350 g/mol. The van der Waals surface area contributed by atoms with Gasteiger partial charge in [0.25, 0.3) is 5.56 Å². The monoisotopic (exact) mass is 374 g/mol. The number of nitrogens with two attached hydrogens (primary N) is 1. The number of piperazine rings is 1. The number of aromatic nitrogens is 4. The molecule has 1 aliphatic heterocycles. The molecule has 4 N–H and O–H groups in total. The number of nitrogens with zero attached hydrogens (tertiary/aromatic N) is 4. The van der Waals surface area contributed by atoms with Crippen LogP contribution in [0.4, 0.5) is 11.8 Å². The molecule has 0 amide bonds. The number of quaternary nitrogens is 1. The summed E-state index contributed by atoms with van der Waals surface area (Å²) in [7, 11) is 0. The predicted molar refractivity (Wildman–Crippen MR) is 100 cm³/mol. The number of anilines is 2. The Hall–Kier alpha value is -3.01. The van der Waals surface area contributed by atoms with Crippen molar-refractivity contribution in [2.75, 3.05) is 43.4 Å². The molecule has 0 unspecified atom stereocenters. The maximum Gasteiger partial charge on any atom is 0.329 e. The van der Waals surface area contributed by atoms with Gasteiger partial charge in [0.2, 0.25) is 11.7 Å². The number of carbonyl (C=O) groups excluding carboxylic acids is 1. The molecule has 0 bridgehead atoms. The van der Waals surface area contributed by atoms with E-state index in [-0.39, 0.29) is 23.7 Å². The molecule has 10 nitrogen and oxygen atoms in total. The molecule has 1 fully saturated rings. The summed E-state index contributed by atoms with van der Waals surface area (Å²) in [6, 6.07) is 1.77. The smallest absolute Gasteiger partial charge is 0.329 e. The fraction of sp³-hybridized carbons (Fsp3) is 0.471. The third-order valence-corrected chi connectivity index (χ3v) is 4.68. The zero-order valence-electron chi connectivity index (χ0n) is 15.3. The van der Waals surface area contributed by atoms with Crippen LogP contribution < -0.4 is 26.8 Å². The van der Waals surface area contributed by atoms with Crippen LogP contribution in [0.3, 0.4) is 0 Å². The summed E-state index contributed by atoms with van der Waals surface area (Å²) in [6.45, 7) is 5.26. The number of Topliss-reactive ketones (excluding diaryl/α,β-unsaturated/α-hetero) is 1. The second-order valence-corrected chi connectivity index (χ2v) is 6.56. The van der Waals surface area contributed by atoms with Gasteiger partial charge in [0, 0.05) is 18.9 Å². The first-order chi connectivity index (χ1) is 13.0. The number of rotatable bonds is 6. The van der Waals surface area contributed by atoms with Crippen LogP contribution >= 0.6 is 0 Å². The van der Waals surface area contributed by atoms with E-state index in [9.17, 15) is 14.4 Å². The Morgan fingerprint density at radius 3 is 2.56 bits per heavy atom. The summed E-state index contributed by atoms with van der Waals surface area (Å²) in [6.07, 6.45) is 4.06. The fourth-order valence-corrected chi connectivity index (χ4v) is 3.27. The van der Waals surface area contributed by atoms with Crippen molar-refractivity contribution in [2.24, 2.45) is 0 Å². The Morgan fingerprint density at radius 1 is 1.26 bits per heavy atom. The number of H-pyrrole nitrogens is 1. The zero-order chi connectivity index (χ0) is 19.4. The quantitative estimate of drug-likeness (QED) is 0.494. The molecule has 3 rings (SSSR count). The average Bonchev–Trinajstić information content (AvgIpc) is 2.66. The zero-order valence-corrected chi connectivity index (χ0v) is 15.3. The molecule has 0 aromatic carbocycles. The van der Waals surface area contributed by atoms with Crippen LogP contribution in [0.25, 0.3) is 0 Å². The lowest BCUT2D eigenvalue weighted by molar-refractivity contribution is -0.892. The van der Waals surface area contributed by atoms with Gasteiger partial charge in [0.05, 0.1) is 26.2 Å². The SMILES string of the molecule is CCCn1c(N)c(C(=O)C[NH+]2CCN(c3ncccn3)CC2)c(=O)[nH]c1=O. The first-order valence-electron chi connectivity index (χ1n) is 9.02. The lowest BCUT2D eigenvalue weighted by Gasteiger charge is -2.31. The number of carbonyl (C=O) groups is 1. The second-order valence-electron chi connectivity index (χ2n) is 6.56. The number of nitrogens with one attached hydrogen (secondary N) is 2. The fourth-order valence-electron chi connectivity index (χ4n) is 3.27. The van der Waals surface area contributed by atoms with Gasteiger partial charge in [-0.15, -0.1) is 0 Å². The van der Waals surface area contributed by atoms with Gasteiger partial charge in [-0.1, -0.05) is 6.92 Å². The second kappa shape index (κ2) is 8.12. The minimum Gasteiger partial charge on any atom is -0.384 e. The molecule has 0 spiro atoms. The molecule has 0 saturated carbocycles. The average molecular weight is 374 g/mol. The standard InChI is InChI=1S/C17H23N7O3/c1-2-6-24-14(18)13(15(26)21-17(24)27)12(25)11-22-7-9-23(10-8-22)16-19-4-3-5-20-16/h3-5H,2,6-11,18H2,1H3,(H,21,26,27)/p+1. The van der Waals surface area contributed by atoms with Gasteiger partial charge in [-0.25, -0.2) is 14.8 Å². The van der Waals surface area contributed by atoms with Gasteiger partial charge < -0.3 is 15.5 Å². The van der Waals surface area contributed by atoms with Crippen molar-refractivity contribution in [3.63, 3.8) is 0 Å². The number of ketones is 1. The minimum atomic E-state index is -0.717. The Bertz CT molecular complexity index is 914. The Balaban J connectivity index is 1.69. The van der Waals surface area contributed by atoms with Crippen molar-refractivity contribution in [1.29, 1.82) is 0 Å². The van der Waals surface area contributed by atoms with Crippen LogP contribution in [0.5, 0.6) is 0 Å². The van der Waals surface area contributed by atoms with E-state index in [0.717, 1.165) is 18.0 Å². The van der Waals surface area contributed by atoms with E-state index in [2.05, 4.69) is 19.9 Å². The molecule has 0 atom stereocenters. The van der Waals surface area contributed by atoms with E-state index in [0.29, 0.717) is 32.0 Å². The third kappa shape index (κ3) is 4.05. The predicted octanol–water partition coefficient (Wildman–Crippen LogP) is -2.09. The highest BCUT2D eigenvalue weighted by molar-refractivity contribution is 6.00. The summed E-state index contributed by atoms with van der Waals surface area (Å²) < 4.78 is 1.24. The summed E-state index contributed by atoms with van der Waals surface area (Å²) in [4.78, 5) is 50.5. The highest BCUT2D eigenvalue weighted by Gasteiger charge is 2.27. The summed E-state index contributed by atoms with van der Waals surface area (Å²) >= 11 is 0. The normalized spacial score (nSPS) is 15.1. The van der Waals surface area contributed by atoms with Crippen LogP contribution in [0.15, 0.2) is 28.0 Å². The lowest BCUT2D eigenvalue weighted by atomic mass is 10.1. The van der Waals surface area contributed by atoms with Crippen molar-refractivity contribution in [1.82, 2.24) is 19.5 Å². The largest absolute Gasteiger partial charge is 0.384 e. The molecule has 2 aromatic heterocycles. The summed E-state index contributed by atoms with van der Waals surface area (Å²) in [5.74, 6) is 0.277. The van der Waals surface area contributed by atoms with Gasteiger partial charge in [0.15, 0.2) is 0 Å². The van der Waals surface area contributed by atoms with Crippen LogP contribution in [-0.4, -0.2) is 58.0 Å². The number of nitrogen functional groups attached to an aromatic ring is 1. The molecular formula is C17H24N7O3+. The van der Waals surface area contributed by atoms with Crippen molar-refractivity contribution >= 4 is 17.5 Å². The Labute approximate surface area is 155 Å². The van der Waals surface area contributed by atoms with E-state index >= 15 is 0 Å². The van der Waals surface area contributed by atoms with Crippen molar-refractivity contribution in [2.45, 2.75) is 19.9 Å². The van der Waals surface area contributed by atoms with Gasteiger partial charge in [-0.05, 0) is 12.5 Å². The summed E-state index contributed by atoms with van der Waals surface area (Å²) in [5.41, 5.74) is 4.54. The van der Waals surface area contributed by atoms with Crippen LogP contribution in [0, 0.1) is 0 Å². The molecule has 144 valence electrons. The van der Waals surface area contributed by atoms with E-state index in [1.165, 1.54) is 4.57 Å². The van der Waals surface area contributed by atoms with Crippen molar-refractivity contribution in [3.8, 4) is 0 Å². The van der Waals surface area contributed by atoms with Crippen LogP contribution in [-0.2, 0) is 6.54 Å². The summed E-state index contributed by atoms with van der Waals surface area (Å²) in [5, 5.41) is 0. The Kier molecular flexibility index (Phi) is 5.65. The van der Waals surface area contributed by atoms with Crippen molar-refractivity contribution < 1.29 is 9.69 Å². The van der Waals surface area contributed by atoms with E-state index < -0.39 is 11.2 Å². The van der Waals surface area contributed by atoms with Crippen LogP contribution in [0.2, 0.25) is 0 Å². The Morgan fingerprint density at radius 2 is 1.93 bits per heavy atom. The molecule has 27 heavy (non-hydrogen) atoms. The maximum absolute atomic E-state index is 12.7. The number of hydrogen-bond donors (Lipinski definition) is 3. The van der Waals surface area contributed by atoms with Crippen molar-refractivity contribution in [3.05, 3.63) is 44.9 Å². The highest BCUT2D eigenvalue weighted by atomic mass is 16.2. The number of hydrogen-bond acceptors (Lipinski definition) is 7. The van der Waals surface area contributed by atoms with Gasteiger partial charge in [-0.3, -0.25) is 19.1 Å². The topological polar surface area (TPSA) is 131 Å². The van der Waals surface area contributed by atoms with E-state index in [1.807, 2.05) is 6.92 Å². The molecule has 2 aromatic rings. The van der Waals surface area contributed by atoms with Gasteiger partial charge in [0.1, 0.15) is 17.9 Å². The molecule has 3 heterocycles. The van der Waals surface area contributed by atoms with Crippen LogP contribution in [0.1, 0.15) is 23.7 Å². The lowest BCUT2D eigenvalue weighted by Crippen LogP contribution is -3.15. The minimum absolute atomic E-state index is 0.0497. The van der Waals surface area contributed by atoms with E-state index in [4.69, 9.17) is 5.73 Å². The molecule has 0 radical (unpaired) electrons. The van der Waals surface area contributed by atoms with Gasteiger partial charge >= 0.3 is 5.69 Å². The van der Waals surface area contributed by atoms with E-state index in [1.54, 1.807) is 18.5 Å². The first kappa shape index (κ1) is 18.8. The van der Waals surface area contributed by atoms with Gasteiger partial charge in [-0.2, -0.15) is 0 Å².